The molecule has 1 aromatic heterocycles. The van der Waals surface area contributed by atoms with Crippen LogP contribution in [0, 0.1) is 5.82 Å². The highest BCUT2D eigenvalue weighted by atomic mass is 19.1. The number of anilines is 1. The number of fused-ring (bicyclic) bond motifs is 1. The van der Waals surface area contributed by atoms with Gasteiger partial charge in [0, 0.05) is 33.2 Å². The third kappa shape index (κ3) is 1.67. The van der Waals surface area contributed by atoms with E-state index in [9.17, 15) is 4.39 Å². The third-order valence-corrected chi connectivity index (χ3v) is 3.23. The van der Waals surface area contributed by atoms with Crippen LogP contribution in [-0.2, 0) is 7.05 Å². The highest BCUT2D eigenvalue weighted by Gasteiger charge is 2.19. The molecule has 2 aromatic rings. The van der Waals surface area contributed by atoms with Crippen LogP contribution in [0.25, 0.3) is 10.9 Å². The molecule has 1 N–H and O–H groups in total. The molecule has 5 heteroatoms. The first-order valence-electron chi connectivity index (χ1n) is 5.84. The summed E-state index contributed by atoms with van der Waals surface area (Å²) >= 11 is 0. The van der Waals surface area contributed by atoms with Gasteiger partial charge in [-0.1, -0.05) is 6.07 Å². The number of hydrogen-bond donors (Lipinski definition) is 1. The van der Waals surface area contributed by atoms with Crippen LogP contribution in [0.5, 0.6) is 0 Å². The minimum atomic E-state index is -0.191. The van der Waals surface area contributed by atoms with Crippen molar-refractivity contribution in [2.75, 3.05) is 31.1 Å². The summed E-state index contributed by atoms with van der Waals surface area (Å²) in [7, 11) is 1.85. The van der Waals surface area contributed by atoms with E-state index in [1.807, 2.05) is 13.1 Å². The second-order valence-corrected chi connectivity index (χ2v) is 4.32. The zero-order chi connectivity index (χ0) is 11.8. The Hall–Kier alpha value is -1.62. The van der Waals surface area contributed by atoms with Gasteiger partial charge >= 0.3 is 0 Å². The number of hydrogen-bond acceptors (Lipinski definition) is 3. The average molecular weight is 234 g/mol. The lowest BCUT2D eigenvalue weighted by Gasteiger charge is -2.27. The maximum atomic E-state index is 13.9. The molecule has 17 heavy (non-hydrogen) atoms. The van der Waals surface area contributed by atoms with Gasteiger partial charge in [0.25, 0.3) is 0 Å². The SMILES string of the molecule is Cn1nc(N2CCNCC2)c2c(F)cccc21. The highest BCUT2D eigenvalue weighted by Crippen LogP contribution is 2.28. The van der Waals surface area contributed by atoms with Crippen molar-refractivity contribution in [1.82, 2.24) is 15.1 Å². The Kier molecular flexibility index (Phi) is 2.48. The Morgan fingerprint density at radius 1 is 1.29 bits per heavy atom. The summed E-state index contributed by atoms with van der Waals surface area (Å²) in [6.45, 7) is 3.60. The van der Waals surface area contributed by atoms with Crippen LogP contribution in [0.4, 0.5) is 10.2 Å². The predicted molar refractivity (Wildman–Crippen MR) is 65.8 cm³/mol. The van der Waals surface area contributed by atoms with Gasteiger partial charge in [-0.25, -0.2) is 4.39 Å². The van der Waals surface area contributed by atoms with E-state index in [2.05, 4.69) is 15.3 Å². The molecule has 0 aliphatic carbocycles. The largest absolute Gasteiger partial charge is 0.352 e. The summed E-state index contributed by atoms with van der Waals surface area (Å²) in [5.74, 6) is 0.575. The smallest absolute Gasteiger partial charge is 0.161 e. The van der Waals surface area contributed by atoms with Crippen LogP contribution >= 0.6 is 0 Å². The number of halogens is 1. The highest BCUT2D eigenvalue weighted by molar-refractivity contribution is 5.91. The summed E-state index contributed by atoms with van der Waals surface area (Å²) < 4.78 is 15.7. The normalized spacial score (nSPS) is 16.7. The second kappa shape index (κ2) is 4.00. The van der Waals surface area contributed by atoms with E-state index in [1.165, 1.54) is 6.07 Å². The molecule has 2 heterocycles. The summed E-state index contributed by atoms with van der Waals surface area (Å²) in [6, 6.07) is 5.12. The molecule has 4 nitrogen and oxygen atoms in total. The molecule has 1 aromatic carbocycles. The quantitative estimate of drug-likeness (QED) is 0.802. The maximum absolute atomic E-state index is 13.9. The van der Waals surface area contributed by atoms with Crippen LogP contribution in [0.2, 0.25) is 0 Å². The summed E-state index contributed by atoms with van der Waals surface area (Å²) in [5, 5.41) is 8.37. The van der Waals surface area contributed by atoms with Crippen molar-refractivity contribution in [1.29, 1.82) is 0 Å². The third-order valence-electron chi connectivity index (χ3n) is 3.23. The first-order valence-corrected chi connectivity index (χ1v) is 5.84. The van der Waals surface area contributed by atoms with Gasteiger partial charge in [-0.3, -0.25) is 4.68 Å². The van der Waals surface area contributed by atoms with Gasteiger partial charge in [0.05, 0.1) is 10.9 Å². The van der Waals surface area contributed by atoms with E-state index in [-0.39, 0.29) is 5.82 Å². The minimum absolute atomic E-state index is 0.191. The molecule has 1 fully saturated rings. The van der Waals surface area contributed by atoms with Crippen molar-refractivity contribution >= 4 is 16.7 Å². The maximum Gasteiger partial charge on any atom is 0.161 e. The lowest BCUT2D eigenvalue weighted by Crippen LogP contribution is -2.43. The zero-order valence-corrected chi connectivity index (χ0v) is 9.78. The average Bonchev–Trinajstić information content (AvgIpc) is 2.70. The van der Waals surface area contributed by atoms with E-state index in [4.69, 9.17) is 0 Å². The fourth-order valence-electron chi connectivity index (χ4n) is 2.35. The molecule has 1 aliphatic rings. The molecule has 0 spiro atoms. The van der Waals surface area contributed by atoms with Crippen molar-refractivity contribution in [3.8, 4) is 0 Å². The Morgan fingerprint density at radius 2 is 2.06 bits per heavy atom. The molecule has 1 saturated heterocycles. The Labute approximate surface area is 99.0 Å². The first kappa shape index (κ1) is 10.5. The molecule has 3 rings (SSSR count). The van der Waals surface area contributed by atoms with Gasteiger partial charge in [-0.15, -0.1) is 0 Å². The van der Waals surface area contributed by atoms with Gasteiger partial charge in [-0.2, -0.15) is 5.10 Å². The van der Waals surface area contributed by atoms with E-state index in [0.29, 0.717) is 5.39 Å². The lowest BCUT2D eigenvalue weighted by molar-refractivity contribution is 0.581. The number of piperazine rings is 1. The van der Waals surface area contributed by atoms with E-state index >= 15 is 0 Å². The van der Waals surface area contributed by atoms with Gasteiger partial charge in [0.2, 0.25) is 0 Å². The topological polar surface area (TPSA) is 33.1 Å². The van der Waals surface area contributed by atoms with Crippen LogP contribution < -0.4 is 10.2 Å². The van der Waals surface area contributed by atoms with E-state index in [0.717, 1.165) is 37.5 Å². The van der Waals surface area contributed by atoms with Crippen LogP contribution in [0.1, 0.15) is 0 Å². The molecule has 0 atom stereocenters. The van der Waals surface area contributed by atoms with Gasteiger partial charge in [0.15, 0.2) is 5.82 Å². The number of aromatic nitrogens is 2. The van der Waals surface area contributed by atoms with Crippen LogP contribution in [0.15, 0.2) is 18.2 Å². The summed E-state index contributed by atoms with van der Waals surface area (Å²) in [4.78, 5) is 2.14. The Balaban J connectivity index is 2.15. The van der Waals surface area contributed by atoms with Crippen LogP contribution in [0.3, 0.4) is 0 Å². The summed E-state index contributed by atoms with van der Waals surface area (Å²) in [5.41, 5.74) is 0.846. The van der Waals surface area contributed by atoms with Crippen LogP contribution in [-0.4, -0.2) is 36.0 Å². The minimum Gasteiger partial charge on any atom is -0.352 e. The van der Waals surface area contributed by atoms with Gasteiger partial charge in [-0.05, 0) is 12.1 Å². The number of nitrogens with one attached hydrogen (secondary N) is 1. The zero-order valence-electron chi connectivity index (χ0n) is 9.78. The number of benzene rings is 1. The number of aryl methyl sites for hydroxylation is 1. The molecule has 0 saturated carbocycles. The molecular weight excluding hydrogens is 219 g/mol. The fourth-order valence-corrected chi connectivity index (χ4v) is 2.35. The van der Waals surface area contributed by atoms with Crippen molar-refractivity contribution in [3.63, 3.8) is 0 Å². The van der Waals surface area contributed by atoms with Crippen molar-refractivity contribution in [2.45, 2.75) is 0 Å². The van der Waals surface area contributed by atoms with Crippen molar-refractivity contribution in [2.24, 2.45) is 7.05 Å². The summed E-state index contributed by atoms with van der Waals surface area (Å²) in [6.07, 6.45) is 0. The molecular formula is C12H15FN4. The Bertz CT molecular complexity index is 543. The van der Waals surface area contributed by atoms with Gasteiger partial charge in [0.1, 0.15) is 5.82 Å². The Morgan fingerprint density at radius 3 is 2.82 bits per heavy atom. The molecule has 1 aliphatic heterocycles. The van der Waals surface area contributed by atoms with E-state index in [1.54, 1.807) is 10.7 Å². The van der Waals surface area contributed by atoms with E-state index < -0.39 is 0 Å². The van der Waals surface area contributed by atoms with Crippen molar-refractivity contribution in [3.05, 3.63) is 24.0 Å². The molecule has 0 unspecified atom stereocenters. The predicted octanol–water partition coefficient (Wildman–Crippen LogP) is 1.12. The number of rotatable bonds is 1. The standard InChI is InChI=1S/C12H15FN4/c1-16-10-4-2-3-9(13)11(10)12(15-16)17-7-5-14-6-8-17/h2-4,14H,5-8H2,1H3. The fraction of sp³-hybridized carbons (Fsp3) is 0.417. The molecule has 90 valence electrons. The lowest BCUT2D eigenvalue weighted by atomic mass is 10.2. The first-order chi connectivity index (χ1) is 8.27. The monoisotopic (exact) mass is 234 g/mol. The van der Waals surface area contributed by atoms with Crippen molar-refractivity contribution < 1.29 is 4.39 Å². The number of nitrogens with zero attached hydrogens (tertiary/aromatic N) is 3. The molecule has 0 amide bonds. The van der Waals surface area contributed by atoms with Gasteiger partial charge < -0.3 is 10.2 Å². The molecule has 0 radical (unpaired) electrons. The molecule has 0 bridgehead atoms. The second-order valence-electron chi connectivity index (χ2n) is 4.32.